The number of pyridine rings is 1. The fourth-order valence-electron chi connectivity index (χ4n) is 1.18. The lowest BCUT2D eigenvalue weighted by molar-refractivity contribution is 0.310. The third-order valence-electron chi connectivity index (χ3n) is 1.77. The average molecular weight is 150 g/mol. The van der Waals surface area contributed by atoms with Crippen molar-refractivity contribution in [3.8, 4) is 5.88 Å². The van der Waals surface area contributed by atoms with Crippen molar-refractivity contribution in [1.29, 1.82) is 0 Å². The smallest absolute Gasteiger partial charge is 0.237 e. The summed E-state index contributed by atoms with van der Waals surface area (Å²) < 4.78 is 5.33. The molecular formula is C8H10N2O. The first-order valence-electron chi connectivity index (χ1n) is 3.70. The van der Waals surface area contributed by atoms with Gasteiger partial charge in [-0.05, 0) is 18.6 Å². The van der Waals surface area contributed by atoms with E-state index in [-0.39, 0.29) is 0 Å². The van der Waals surface area contributed by atoms with Crippen LogP contribution >= 0.6 is 0 Å². The summed E-state index contributed by atoms with van der Waals surface area (Å²) in [4.78, 5) is 4.10. The van der Waals surface area contributed by atoms with Gasteiger partial charge in [0.25, 0.3) is 0 Å². The molecule has 2 rings (SSSR count). The number of fused-ring (bicyclic) bond motifs is 1. The zero-order valence-electron chi connectivity index (χ0n) is 6.42. The topological polar surface area (TPSA) is 34.2 Å². The number of aromatic nitrogens is 1. The Morgan fingerprint density at radius 2 is 2.55 bits per heavy atom. The molecule has 1 N–H and O–H groups in total. The van der Waals surface area contributed by atoms with Gasteiger partial charge in [-0.1, -0.05) is 0 Å². The standard InChI is InChI=1S/C8H10N2O/c1-6-2-3-10-8-7(6)9-4-5-11-8/h2-3,9H,4-5H2,1H3. The van der Waals surface area contributed by atoms with Gasteiger partial charge in [-0.25, -0.2) is 4.98 Å². The second-order valence-electron chi connectivity index (χ2n) is 2.58. The quantitative estimate of drug-likeness (QED) is 0.603. The van der Waals surface area contributed by atoms with E-state index in [1.807, 2.05) is 13.0 Å². The van der Waals surface area contributed by atoms with E-state index in [4.69, 9.17) is 4.74 Å². The first-order valence-corrected chi connectivity index (χ1v) is 3.70. The summed E-state index contributed by atoms with van der Waals surface area (Å²) in [5.74, 6) is 0.733. The van der Waals surface area contributed by atoms with Crippen LogP contribution in [0.1, 0.15) is 5.56 Å². The number of nitrogens with one attached hydrogen (secondary N) is 1. The normalized spacial score (nSPS) is 14.6. The largest absolute Gasteiger partial charge is 0.474 e. The molecule has 1 aliphatic heterocycles. The number of hydrogen-bond donors (Lipinski definition) is 1. The van der Waals surface area contributed by atoms with E-state index < -0.39 is 0 Å². The molecule has 1 aromatic rings. The molecule has 0 spiro atoms. The number of hydrogen-bond acceptors (Lipinski definition) is 3. The van der Waals surface area contributed by atoms with E-state index in [9.17, 15) is 0 Å². The molecule has 3 heteroatoms. The maximum atomic E-state index is 5.33. The van der Waals surface area contributed by atoms with Gasteiger partial charge in [0.05, 0.1) is 0 Å². The van der Waals surface area contributed by atoms with E-state index in [0.717, 1.165) is 18.1 Å². The van der Waals surface area contributed by atoms with Crippen LogP contribution in [0.3, 0.4) is 0 Å². The van der Waals surface area contributed by atoms with Crippen LogP contribution < -0.4 is 10.1 Å². The highest BCUT2D eigenvalue weighted by molar-refractivity contribution is 5.59. The van der Waals surface area contributed by atoms with Crippen molar-refractivity contribution >= 4 is 5.69 Å². The van der Waals surface area contributed by atoms with Gasteiger partial charge in [-0.15, -0.1) is 0 Å². The Bertz CT molecular complexity index is 273. The molecule has 0 aromatic carbocycles. The van der Waals surface area contributed by atoms with Gasteiger partial charge in [0.15, 0.2) is 0 Å². The lowest BCUT2D eigenvalue weighted by atomic mass is 10.2. The van der Waals surface area contributed by atoms with E-state index in [0.29, 0.717) is 6.61 Å². The first kappa shape index (κ1) is 6.46. The van der Waals surface area contributed by atoms with Crippen LogP contribution in [0.25, 0.3) is 0 Å². The van der Waals surface area contributed by atoms with Crippen LogP contribution in [-0.4, -0.2) is 18.1 Å². The Hall–Kier alpha value is -1.25. The van der Waals surface area contributed by atoms with E-state index >= 15 is 0 Å². The van der Waals surface area contributed by atoms with Gasteiger partial charge in [0, 0.05) is 12.7 Å². The van der Waals surface area contributed by atoms with Gasteiger partial charge < -0.3 is 10.1 Å². The molecule has 0 bridgehead atoms. The summed E-state index contributed by atoms with van der Waals surface area (Å²) in [6, 6.07) is 1.97. The number of nitrogens with zero attached hydrogens (tertiary/aromatic N) is 1. The van der Waals surface area contributed by atoms with E-state index in [2.05, 4.69) is 10.3 Å². The van der Waals surface area contributed by atoms with Gasteiger partial charge >= 0.3 is 0 Å². The van der Waals surface area contributed by atoms with Crippen LogP contribution in [0.4, 0.5) is 5.69 Å². The average Bonchev–Trinajstić information content (AvgIpc) is 2.06. The third-order valence-corrected chi connectivity index (χ3v) is 1.77. The lowest BCUT2D eigenvalue weighted by Gasteiger charge is -2.18. The molecule has 0 amide bonds. The minimum Gasteiger partial charge on any atom is -0.474 e. The van der Waals surface area contributed by atoms with Gasteiger partial charge in [-0.3, -0.25) is 0 Å². The van der Waals surface area contributed by atoms with Crippen molar-refractivity contribution in [3.63, 3.8) is 0 Å². The Labute approximate surface area is 65.4 Å². The van der Waals surface area contributed by atoms with E-state index in [1.165, 1.54) is 5.56 Å². The fourth-order valence-corrected chi connectivity index (χ4v) is 1.18. The zero-order chi connectivity index (χ0) is 7.68. The molecule has 0 radical (unpaired) electrons. The van der Waals surface area contributed by atoms with Crippen molar-refractivity contribution in [2.75, 3.05) is 18.5 Å². The maximum Gasteiger partial charge on any atom is 0.237 e. The number of aryl methyl sites for hydroxylation is 1. The summed E-state index contributed by atoms with van der Waals surface area (Å²) in [5, 5.41) is 3.24. The molecule has 0 saturated carbocycles. The predicted molar refractivity (Wildman–Crippen MR) is 43.0 cm³/mol. The SMILES string of the molecule is Cc1ccnc2c1NCCO2. The van der Waals surface area contributed by atoms with Gasteiger partial charge in [0.2, 0.25) is 5.88 Å². The first-order chi connectivity index (χ1) is 5.38. The molecule has 1 aliphatic rings. The van der Waals surface area contributed by atoms with Crippen LogP contribution in [0.5, 0.6) is 5.88 Å². The highest BCUT2D eigenvalue weighted by atomic mass is 16.5. The van der Waals surface area contributed by atoms with Crippen molar-refractivity contribution in [3.05, 3.63) is 17.8 Å². The van der Waals surface area contributed by atoms with E-state index in [1.54, 1.807) is 6.20 Å². The maximum absolute atomic E-state index is 5.33. The fraction of sp³-hybridized carbons (Fsp3) is 0.375. The van der Waals surface area contributed by atoms with Crippen molar-refractivity contribution in [2.45, 2.75) is 6.92 Å². The Morgan fingerprint density at radius 3 is 3.36 bits per heavy atom. The molecule has 0 aliphatic carbocycles. The molecule has 0 unspecified atom stereocenters. The van der Waals surface area contributed by atoms with Crippen molar-refractivity contribution < 1.29 is 4.74 Å². The van der Waals surface area contributed by atoms with Gasteiger partial charge in [0.1, 0.15) is 12.3 Å². The van der Waals surface area contributed by atoms with Gasteiger partial charge in [-0.2, -0.15) is 0 Å². The molecule has 1 aromatic heterocycles. The van der Waals surface area contributed by atoms with Crippen LogP contribution in [0.15, 0.2) is 12.3 Å². The summed E-state index contributed by atoms with van der Waals surface area (Å²) >= 11 is 0. The molecule has 3 nitrogen and oxygen atoms in total. The molecule has 2 heterocycles. The molecule has 58 valence electrons. The Balaban J connectivity index is 2.49. The molecule has 11 heavy (non-hydrogen) atoms. The number of anilines is 1. The Morgan fingerprint density at radius 1 is 1.64 bits per heavy atom. The second kappa shape index (κ2) is 2.42. The number of rotatable bonds is 0. The molecule has 0 atom stereocenters. The van der Waals surface area contributed by atoms with Crippen molar-refractivity contribution in [2.24, 2.45) is 0 Å². The second-order valence-corrected chi connectivity index (χ2v) is 2.58. The Kier molecular flexibility index (Phi) is 1.42. The minimum absolute atomic E-state index is 0.712. The van der Waals surface area contributed by atoms with Crippen LogP contribution in [0.2, 0.25) is 0 Å². The van der Waals surface area contributed by atoms with Crippen LogP contribution in [0, 0.1) is 6.92 Å². The lowest BCUT2D eigenvalue weighted by Crippen LogP contribution is -2.19. The summed E-state index contributed by atoms with van der Waals surface area (Å²) in [5.41, 5.74) is 2.23. The number of ether oxygens (including phenoxy) is 1. The third kappa shape index (κ3) is 1.02. The van der Waals surface area contributed by atoms with Crippen molar-refractivity contribution in [1.82, 2.24) is 4.98 Å². The monoisotopic (exact) mass is 150 g/mol. The highest BCUT2D eigenvalue weighted by Gasteiger charge is 2.11. The molecule has 0 fully saturated rings. The summed E-state index contributed by atoms with van der Waals surface area (Å²) in [6.45, 7) is 3.63. The summed E-state index contributed by atoms with van der Waals surface area (Å²) in [7, 11) is 0. The highest BCUT2D eigenvalue weighted by Crippen LogP contribution is 2.26. The zero-order valence-corrected chi connectivity index (χ0v) is 6.42. The molecular weight excluding hydrogens is 140 g/mol. The minimum atomic E-state index is 0.712. The predicted octanol–water partition coefficient (Wildman–Crippen LogP) is 1.19. The molecule has 0 saturated heterocycles. The van der Waals surface area contributed by atoms with Crippen LogP contribution in [-0.2, 0) is 0 Å². The summed E-state index contributed by atoms with van der Waals surface area (Å²) in [6.07, 6.45) is 1.77.